The minimum atomic E-state index is -4.80. The van der Waals surface area contributed by atoms with Crippen LogP contribution >= 0.6 is 0 Å². The Morgan fingerprint density at radius 3 is 2.11 bits per heavy atom. The van der Waals surface area contributed by atoms with E-state index >= 15 is 0 Å². The Morgan fingerprint density at radius 2 is 1.50 bits per heavy atom. The van der Waals surface area contributed by atoms with Gasteiger partial charge in [0.2, 0.25) is 0 Å². The van der Waals surface area contributed by atoms with Crippen LogP contribution in [0.3, 0.4) is 0 Å². The Morgan fingerprint density at radius 1 is 0.895 bits per heavy atom. The lowest BCUT2D eigenvalue weighted by molar-refractivity contribution is -0.274. The van der Waals surface area contributed by atoms with Gasteiger partial charge in [-0.2, -0.15) is 0 Å². The molecule has 4 aromatic rings. The number of alkyl halides is 3. The average molecular weight is 527 g/mol. The molecule has 0 amide bonds. The van der Waals surface area contributed by atoms with Crippen LogP contribution in [0.25, 0.3) is 33.2 Å². The predicted molar refractivity (Wildman–Crippen MR) is 138 cm³/mol. The molecule has 2 heterocycles. The van der Waals surface area contributed by atoms with E-state index < -0.39 is 12.2 Å². The predicted octanol–water partition coefficient (Wildman–Crippen LogP) is 7.23. The molecule has 0 N–H and O–H groups in total. The van der Waals surface area contributed by atoms with Gasteiger partial charge in [-0.1, -0.05) is 24.3 Å². The molecule has 2 unspecified atom stereocenters. The molecule has 1 fully saturated rings. The van der Waals surface area contributed by atoms with Crippen molar-refractivity contribution in [2.45, 2.75) is 32.4 Å². The molecule has 1 aliphatic heterocycles. The highest BCUT2D eigenvalue weighted by Crippen LogP contribution is 2.40. The Kier molecular flexibility index (Phi) is 6.88. The second-order valence-electron chi connectivity index (χ2n) is 9.34. The molecular formula is C29H26F4N2O3. The van der Waals surface area contributed by atoms with Gasteiger partial charge >= 0.3 is 6.36 Å². The van der Waals surface area contributed by atoms with Gasteiger partial charge in [-0.3, -0.25) is 4.98 Å². The third-order valence-corrected chi connectivity index (χ3v) is 6.45. The van der Waals surface area contributed by atoms with E-state index in [9.17, 15) is 17.6 Å². The number of hydrogen-bond donors (Lipinski definition) is 0. The summed E-state index contributed by atoms with van der Waals surface area (Å²) in [6.45, 7) is 5.72. The summed E-state index contributed by atoms with van der Waals surface area (Å²) in [5, 5.41) is 0.454. The fraction of sp³-hybridized carbons (Fsp3) is 0.276. The molecule has 5 nitrogen and oxygen atoms in total. The lowest BCUT2D eigenvalue weighted by atomic mass is 9.98. The smallest absolute Gasteiger partial charge is 0.495 e. The first kappa shape index (κ1) is 25.8. The van der Waals surface area contributed by atoms with E-state index in [4.69, 9.17) is 9.47 Å². The van der Waals surface area contributed by atoms with Crippen molar-refractivity contribution in [3.63, 3.8) is 0 Å². The number of anilines is 1. The van der Waals surface area contributed by atoms with Crippen LogP contribution < -0.4 is 14.4 Å². The summed E-state index contributed by atoms with van der Waals surface area (Å²) in [5.74, 6) is -0.431. The number of ether oxygens (including phenoxy) is 3. The molecule has 5 rings (SSSR count). The lowest BCUT2D eigenvalue weighted by Gasteiger charge is -2.36. The van der Waals surface area contributed by atoms with Crippen LogP contribution in [0, 0.1) is 5.82 Å². The Labute approximate surface area is 217 Å². The van der Waals surface area contributed by atoms with Crippen molar-refractivity contribution in [1.82, 2.24) is 4.98 Å². The number of aromatic nitrogens is 1. The maximum Gasteiger partial charge on any atom is 0.573 e. The minimum Gasteiger partial charge on any atom is -0.495 e. The van der Waals surface area contributed by atoms with Gasteiger partial charge in [0.1, 0.15) is 17.3 Å². The molecule has 0 spiro atoms. The van der Waals surface area contributed by atoms with E-state index in [1.165, 1.54) is 43.5 Å². The van der Waals surface area contributed by atoms with E-state index in [0.29, 0.717) is 33.3 Å². The van der Waals surface area contributed by atoms with Crippen LogP contribution in [0.4, 0.5) is 23.2 Å². The summed E-state index contributed by atoms with van der Waals surface area (Å²) in [4.78, 5) is 6.90. The second kappa shape index (κ2) is 10.1. The number of hydrogen-bond acceptors (Lipinski definition) is 5. The number of rotatable bonds is 5. The van der Waals surface area contributed by atoms with E-state index in [2.05, 4.69) is 28.5 Å². The lowest BCUT2D eigenvalue weighted by Crippen LogP contribution is -2.45. The number of nitrogens with zero attached hydrogens (tertiary/aromatic N) is 2. The number of halogens is 4. The van der Waals surface area contributed by atoms with Crippen LogP contribution in [0.2, 0.25) is 0 Å². The fourth-order valence-corrected chi connectivity index (χ4v) is 4.97. The topological polar surface area (TPSA) is 43.8 Å². The minimum absolute atomic E-state index is 0.140. The molecule has 1 aromatic heterocycles. The molecule has 3 aromatic carbocycles. The highest BCUT2D eigenvalue weighted by atomic mass is 19.4. The van der Waals surface area contributed by atoms with Crippen molar-refractivity contribution in [3.8, 4) is 33.8 Å². The number of morpholine rings is 1. The standard InChI is InChI=1S/C29H26F4N2O3/c1-17-15-35(16-18(2)37-17)22-8-4-20(5-9-22)26-14-34-27-24(12-21(30)13-25(27)28(26)36-3)19-6-10-23(11-7-19)38-29(31,32)33/h4-14,17-18H,15-16H2,1-3H3. The molecule has 9 heteroatoms. The Balaban J connectivity index is 1.51. The van der Waals surface area contributed by atoms with Gasteiger partial charge < -0.3 is 19.1 Å². The number of pyridine rings is 1. The summed E-state index contributed by atoms with van der Waals surface area (Å²) in [5.41, 5.74) is 4.01. The molecule has 1 saturated heterocycles. The third-order valence-electron chi connectivity index (χ3n) is 6.45. The largest absolute Gasteiger partial charge is 0.573 e. The Bertz CT molecular complexity index is 1430. The Hall–Kier alpha value is -3.85. The SMILES string of the molecule is COc1c(-c2ccc(N3CC(C)OC(C)C3)cc2)cnc2c(-c3ccc(OC(F)(F)F)cc3)cc(F)cc12. The van der Waals surface area contributed by atoms with Crippen LogP contribution in [0.15, 0.2) is 66.9 Å². The van der Waals surface area contributed by atoms with Crippen molar-refractivity contribution in [2.75, 3.05) is 25.1 Å². The summed E-state index contributed by atoms with van der Waals surface area (Å²) >= 11 is 0. The van der Waals surface area contributed by atoms with Gasteiger partial charge in [-0.15, -0.1) is 13.2 Å². The number of methoxy groups -OCH3 is 1. The maximum absolute atomic E-state index is 14.8. The van der Waals surface area contributed by atoms with Crippen molar-refractivity contribution in [3.05, 3.63) is 72.7 Å². The summed E-state index contributed by atoms with van der Waals surface area (Å²) < 4.78 is 67.9. The average Bonchev–Trinajstić information content (AvgIpc) is 2.86. The molecule has 0 saturated carbocycles. The van der Waals surface area contributed by atoms with E-state index in [0.717, 1.165) is 24.3 Å². The van der Waals surface area contributed by atoms with Gasteiger partial charge in [0.15, 0.2) is 0 Å². The molecule has 0 aliphatic carbocycles. The molecule has 38 heavy (non-hydrogen) atoms. The van der Waals surface area contributed by atoms with Crippen molar-refractivity contribution >= 4 is 16.6 Å². The first-order chi connectivity index (χ1) is 18.1. The van der Waals surface area contributed by atoms with Crippen molar-refractivity contribution < 1.29 is 31.8 Å². The monoisotopic (exact) mass is 526 g/mol. The summed E-state index contributed by atoms with van der Waals surface area (Å²) in [7, 11) is 1.51. The summed E-state index contributed by atoms with van der Waals surface area (Å²) in [6.07, 6.45) is -2.85. The molecular weight excluding hydrogens is 500 g/mol. The van der Waals surface area contributed by atoms with Gasteiger partial charge in [0, 0.05) is 41.5 Å². The van der Waals surface area contributed by atoms with Crippen LogP contribution in [-0.2, 0) is 4.74 Å². The zero-order valence-electron chi connectivity index (χ0n) is 21.1. The first-order valence-electron chi connectivity index (χ1n) is 12.1. The van der Waals surface area contributed by atoms with Crippen LogP contribution in [0.5, 0.6) is 11.5 Å². The number of fused-ring (bicyclic) bond motifs is 1. The molecule has 0 radical (unpaired) electrons. The summed E-state index contributed by atoms with van der Waals surface area (Å²) in [6, 6.07) is 15.9. The zero-order chi connectivity index (χ0) is 27.0. The normalized spacial score (nSPS) is 18.0. The van der Waals surface area contributed by atoms with Crippen molar-refractivity contribution in [2.24, 2.45) is 0 Å². The van der Waals surface area contributed by atoms with Gasteiger partial charge in [-0.25, -0.2) is 4.39 Å². The van der Waals surface area contributed by atoms with E-state index in [1.807, 2.05) is 24.3 Å². The molecule has 1 aliphatic rings. The van der Waals surface area contributed by atoms with E-state index in [1.54, 1.807) is 6.20 Å². The molecule has 2 atom stereocenters. The molecule has 0 bridgehead atoms. The van der Waals surface area contributed by atoms with E-state index in [-0.39, 0.29) is 18.0 Å². The van der Waals surface area contributed by atoms with Crippen LogP contribution in [0.1, 0.15) is 13.8 Å². The molecule has 198 valence electrons. The second-order valence-corrected chi connectivity index (χ2v) is 9.34. The van der Waals surface area contributed by atoms with Gasteiger partial charge in [0.05, 0.1) is 24.8 Å². The van der Waals surface area contributed by atoms with Crippen LogP contribution in [-0.4, -0.2) is 43.8 Å². The van der Waals surface area contributed by atoms with Gasteiger partial charge in [0.25, 0.3) is 0 Å². The third kappa shape index (κ3) is 5.38. The van der Waals surface area contributed by atoms with Gasteiger partial charge in [-0.05, 0) is 61.4 Å². The fourth-order valence-electron chi connectivity index (χ4n) is 4.97. The van der Waals surface area contributed by atoms with Crippen molar-refractivity contribution in [1.29, 1.82) is 0 Å². The first-order valence-corrected chi connectivity index (χ1v) is 12.1. The zero-order valence-corrected chi connectivity index (χ0v) is 21.1. The maximum atomic E-state index is 14.8. The highest BCUT2D eigenvalue weighted by molar-refractivity contribution is 6.00. The highest BCUT2D eigenvalue weighted by Gasteiger charge is 2.31. The number of benzene rings is 3. The quantitative estimate of drug-likeness (QED) is 0.257.